The number of benzene rings is 1. The van der Waals surface area contributed by atoms with Gasteiger partial charge in [-0.3, -0.25) is 0 Å². The van der Waals surface area contributed by atoms with Crippen LogP contribution in [0.25, 0.3) is 0 Å². The van der Waals surface area contributed by atoms with Crippen molar-refractivity contribution in [2.75, 3.05) is 19.1 Å². The highest BCUT2D eigenvalue weighted by atomic mass is 35.5. The Morgan fingerprint density at radius 2 is 2.37 bits per heavy atom. The van der Waals surface area contributed by atoms with Crippen LogP contribution in [-0.2, 0) is 4.74 Å². The SMILES string of the molecule is Fc1cc(OCCC2CCCO2)ccc1C#CCCl. The zero-order valence-corrected chi connectivity index (χ0v) is 11.4. The molecule has 0 aliphatic carbocycles. The predicted molar refractivity (Wildman–Crippen MR) is 73.1 cm³/mol. The molecule has 0 spiro atoms. The van der Waals surface area contributed by atoms with Crippen molar-refractivity contribution in [2.45, 2.75) is 25.4 Å². The van der Waals surface area contributed by atoms with Gasteiger partial charge in [0.05, 0.1) is 24.2 Å². The summed E-state index contributed by atoms with van der Waals surface area (Å²) in [5.74, 6) is 5.61. The molecule has 1 atom stereocenters. The van der Waals surface area contributed by atoms with Gasteiger partial charge in [0, 0.05) is 19.1 Å². The fraction of sp³-hybridized carbons (Fsp3) is 0.467. The zero-order chi connectivity index (χ0) is 13.5. The molecule has 1 aromatic rings. The van der Waals surface area contributed by atoms with Gasteiger partial charge in [0.15, 0.2) is 0 Å². The Balaban J connectivity index is 1.85. The van der Waals surface area contributed by atoms with Crippen LogP contribution < -0.4 is 4.74 Å². The van der Waals surface area contributed by atoms with Crippen molar-refractivity contribution in [3.8, 4) is 17.6 Å². The molecule has 0 radical (unpaired) electrons. The molecule has 0 amide bonds. The van der Waals surface area contributed by atoms with E-state index in [2.05, 4.69) is 11.8 Å². The number of ether oxygens (including phenoxy) is 2. The third-order valence-corrected chi connectivity index (χ3v) is 3.10. The summed E-state index contributed by atoms with van der Waals surface area (Å²) >= 11 is 5.43. The Kier molecular flexibility index (Phi) is 5.50. The van der Waals surface area contributed by atoms with Gasteiger partial charge < -0.3 is 9.47 Å². The lowest BCUT2D eigenvalue weighted by molar-refractivity contribution is 0.0903. The normalized spacial score (nSPS) is 17.9. The highest BCUT2D eigenvalue weighted by Gasteiger charge is 2.15. The lowest BCUT2D eigenvalue weighted by atomic mass is 10.2. The average molecular weight is 283 g/mol. The molecule has 19 heavy (non-hydrogen) atoms. The summed E-state index contributed by atoms with van der Waals surface area (Å²) in [5.41, 5.74) is 0.340. The third-order valence-electron chi connectivity index (χ3n) is 2.96. The van der Waals surface area contributed by atoms with Crippen LogP contribution in [0.3, 0.4) is 0 Å². The molecule has 1 fully saturated rings. The second kappa shape index (κ2) is 7.37. The van der Waals surface area contributed by atoms with Crippen molar-refractivity contribution in [3.63, 3.8) is 0 Å². The first-order chi connectivity index (χ1) is 9.29. The summed E-state index contributed by atoms with van der Waals surface area (Å²) in [6.45, 7) is 1.38. The molecule has 0 N–H and O–H groups in total. The van der Waals surface area contributed by atoms with E-state index in [1.807, 2.05) is 0 Å². The van der Waals surface area contributed by atoms with E-state index >= 15 is 0 Å². The van der Waals surface area contributed by atoms with E-state index in [4.69, 9.17) is 21.1 Å². The van der Waals surface area contributed by atoms with Gasteiger partial charge in [-0.2, -0.15) is 0 Å². The summed E-state index contributed by atoms with van der Waals surface area (Å²) in [6, 6.07) is 4.68. The quantitative estimate of drug-likeness (QED) is 0.623. The van der Waals surface area contributed by atoms with Crippen LogP contribution in [0.15, 0.2) is 18.2 Å². The maximum atomic E-state index is 13.7. The molecule has 1 aromatic carbocycles. The maximum Gasteiger partial charge on any atom is 0.142 e. The van der Waals surface area contributed by atoms with Gasteiger partial charge >= 0.3 is 0 Å². The van der Waals surface area contributed by atoms with Gasteiger partial charge in [-0.1, -0.05) is 11.8 Å². The standard InChI is InChI=1S/C15H16ClFO2/c16-8-1-3-12-5-6-14(11-15(12)17)19-10-7-13-4-2-9-18-13/h5-6,11,13H,2,4,7-10H2. The Morgan fingerprint density at radius 3 is 3.05 bits per heavy atom. The molecule has 2 rings (SSSR count). The second-order valence-electron chi connectivity index (χ2n) is 4.35. The third kappa shape index (κ3) is 4.41. The van der Waals surface area contributed by atoms with Crippen LogP contribution in [-0.4, -0.2) is 25.2 Å². The van der Waals surface area contributed by atoms with Gasteiger partial charge in [0.1, 0.15) is 11.6 Å². The van der Waals surface area contributed by atoms with Gasteiger partial charge in [-0.05, 0) is 25.0 Å². The highest BCUT2D eigenvalue weighted by Crippen LogP contribution is 2.18. The van der Waals surface area contributed by atoms with E-state index in [-0.39, 0.29) is 11.7 Å². The molecule has 1 unspecified atom stereocenters. The van der Waals surface area contributed by atoms with Crippen molar-refractivity contribution >= 4 is 11.6 Å². The van der Waals surface area contributed by atoms with Crippen LogP contribution in [0.1, 0.15) is 24.8 Å². The molecule has 0 bridgehead atoms. The molecule has 0 saturated carbocycles. The minimum Gasteiger partial charge on any atom is -0.493 e. The monoisotopic (exact) mass is 282 g/mol. The molecule has 4 heteroatoms. The number of alkyl halides is 1. The summed E-state index contributed by atoms with van der Waals surface area (Å²) in [6.07, 6.45) is 3.34. The van der Waals surface area contributed by atoms with Crippen LogP contribution >= 0.6 is 11.6 Å². The van der Waals surface area contributed by atoms with Gasteiger partial charge in [0.25, 0.3) is 0 Å². The summed E-state index contributed by atoms with van der Waals surface area (Å²) < 4.78 is 24.7. The van der Waals surface area contributed by atoms with Crippen molar-refractivity contribution < 1.29 is 13.9 Å². The number of hydrogen-bond acceptors (Lipinski definition) is 2. The average Bonchev–Trinajstić information content (AvgIpc) is 2.91. The minimum atomic E-state index is -0.382. The number of rotatable bonds is 4. The van der Waals surface area contributed by atoms with E-state index in [0.717, 1.165) is 25.9 Å². The maximum absolute atomic E-state index is 13.7. The molecular formula is C15H16ClFO2. The lowest BCUT2D eigenvalue weighted by Gasteiger charge is -2.10. The number of halogens is 2. The fourth-order valence-corrected chi connectivity index (χ4v) is 2.06. The molecular weight excluding hydrogens is 267 g/mol. The van der Waals surface area contributed by atoms with E-state index in [1.165, 1.54) is 6.07 Å². The zero-order valence-electron chi connectivity index (χ0n) is 10.6. The molecule has 1 aliphatic rings. The molecule has 102 valence electrons. The summed E-state index contributed by atoms with van der Waals surface area (Å²) in [7, 11) is 0. The Hall–Kier alpha value is -1.24. The molecule has 0 aromatic heterocycles. The van der Waals surface area contributed by atoms with Crippen molar-refractivity contribution in [1.82, 2.24) is 0 Å². The summed E-state index contributed by atoms with van der Waals surface area (Å²) in [5, 5.41) is 0. The van der Waals surface area contributed by atoms with Crippen molar-refractivity contribution in [3.05, 3.63) is 29.6 Å². The molecule has 1 saturated heterocycles. The Labute approximate surface area is 117 Å². The lowest BCUT2D eigenvalue weighted by Crippen LogP contribution is -2.10. The molecule has 1 aliphatic heterocycles. The first kappa shape index (κ1) is 14.2. The van der Waals surface area contributed by atoms with Gasteiger partial charge in [-0.15, -0.1) is 11.6 Å². The Morgan fingerprint density at radius 1 is 1.47 bits per heavy atom. The van der Waals surface area contributed by atoms with E-state index in [1.54, 1.807) is 12.1 Å². The van der Waals surface area contributed by atoms with E-state index < -0.39 is 0 Å². The van der Waals surface area contributed by atoms with Crippen LogP contribution in [0, 0.1) is 17.7 Å². The number of hydrogen-bond donors (Lipinski definition) is 0. The van der Waals surface area contributed by atoms with E-state index in [0.29, 0.717) is 24.0 Å². The molecule has 2 nitrogen and oxygen atoms in total. The first-order valence-corrected chi connectivity index (χ1v) is 6.92. The topological polar surface area (TPSA) is 18.5 Å². The summed E-state index contributed by atoms with van der Waals surface area (Å²) in [4.78, 5) is 0. The minimum absolute atomic E-state index is 0.194. The second-order valence-corrected chi connectivity index (χ2v) is 4.62. The van der Waals surface area contributed by atoms with E-state index in [9.17, 15) is 4.39 Å². The first-order valence-electron chi connectivity index (χ1n) is 6.38. The van der Waals surface area contributed by atoms with Gasteiger partial charge in [0.2, 0.25) is 0 Å². The van der Waals surface area contributed by atoms with Crippen LogP contribution in [0.5, 0.6) is 5.75 Å². The van der Waals surface area contributed by atoms with Crippen LogP contribution in [0.4, 0.5) is 4.39 Å². The largest absolute Gasteiger partial charge is 0.493 e. The molecule has 1 heterocycles. The van der Waals surface area contributed by atoms with Crippen molar-refractivity contribution in [2.24, 2.45) is 0 Å². The fourth-order valence-electron chi connectivity index (χ4n) is 2.00. The van der Waals surface area contributed by atoms with Gasteiger partial charge in [-0.25, -0.2) is 4.39 Å². The Bertz CT molecular complexity index is 473. The highest BCUT2D eigenvalue weighted by molar-refractivity contribution is 6.19. The van der Waals surface area contributed by atoms with Crippen LogP contribution in [0.2, 0.25) is 0 Å². The predicted octanol–water partition coefficient (Wildman–Crippen LogP) is 3.36. The smallest absolute Gasteiger partial charge is 0.142 e. The van der Waals surface area contributed by atoms with Crippen molar-refractivity contribution in [1.29, 1.82) is 0 Å².